The van der Waals surface area contributed by atoms with Gasteiger partial charge in [0, 0.05) is 18.5 Å². The molecule has 0 spiro atoms. The average molecular weight is 278 g/mol. The molecule has 0 aromatic heterocycles. The lowest BCUT2D eigenvalue weighted by Gasteiger charge is -2.34. The number of hydrogen-bond acceptors (Lipinski definition) is 2. The van der Waals surface area contributed by atoms with E-state index in [1.807, 2.05) is 0 Å². The molecule has 1 aliphatic heterocycles. The van der Waals surface area contributed by atoms with E-state index in [4.69, 9.17) is 0 Å². The number of hydrogen-bond donors (Lipinski definition) is 1. The van der Waals surface area contributed by atoms with E-state index < -0.39 is 0 Å². The van der Waals surface area contributed by atoms with E-state index in [0.717, 1.165) is 38.3 Å². The van der Waals surface area contributed by atoms with Crippen LogP contribution >= 0.6 is 0 Å². The van der Waals surface area contributed by atoms with Gasteiger partial charge in [0.15, 0.2) is 0 Å². The molecule has 0 aromatic rings. The summed E-state index contributed by atoms with van der Waals surface area (Å²) < 4.78 is 0. The Hall–Kier alpha value is -0.830. The molecule has 0 unspecified atom stereocenters. The normalized spacial score (nSPS) is 26.4. The highest BCUT2D eigenvalue weighted by atomic mass is 16.1. The first-order valence-electron chi connectivity index (χ1n) is 8.36. The molecular weight excluding hydrogens is 248 g/mol. The summed E-state index contributed by atoms with van der Waals surface area (Å²) in [4.78, 5) is 14.7. The van der Waals surface area contributed by atoms with Gasteiger partial charge < -0.3 is 10.2 Å². The highest BCUT2D eigenvalue weighted by Crippen LogP contribution is 2.23. The Morgan fingerprint density at radius 3 is 2.65 bits per heavy atom. The lowest BCUT2D eigenvalue weighted by Crippen LogP contribution is -2.44. The number of carbonyl (C=O) groups is 1. The third-order valence-corrected chi connectivity index (χ3v) is 4.85. The van der Waals surface area contributed by atoms with Crippen molar-refractivity contribution in [1.29, 1.82) is 0 Å². The molecule has 1 heterocycles. The molecule has 1 fully saturated rings. The fraction of sp³-hybridized carbons (Fsp3) is 0.824. The van der Waals surface area contributed by atoms with Crippen LogP contribution in [-0.4, -0.2) is 36.5 Å². The molecule has 1 amide bonds. The number of likely N-dealkylation sites (tertiary alicyclic amines) is 1. The van der Waals surface area contributed by atoms with Gasteiger partial charge in [-0.1, -0.05) is 19.1 Å². The Bertz CT molecular complexity index is 332. The maximum atomic E-state index is 12.1. The Balaban J connectivity index is 1.69. The van der Waals surface area contributed by atoms with Crippen LogP contribution in [0.15, 0.2) is 12.2 Å². The summed E-state index contributed by atoms with van der Waals surface area (Å²) in [5.74, 6) is 1.36. The molecule has 0 saturated carbocycles. The van der Waals surface area contributed by atoms with Crippen LogP contribution in [0, 0.1) is 11.8 Å². The van der Waals surface area contributed by atoms with Crippen molar-refractivity contribution in [3.63, 3.8) is 0 Å². The summed E-state index contributed by atoms with van der Waals surface area (Å²) in [5, 5.41) is 3.13. The van der Waals surface area contributed by atoms with Crippen molar-refractivity contribution in [1.82, 2.24) is 10.2 Å². The molecule has 0 aromatic carbocycles. The van der Waals surface area contributed by atoms with Crippen LogP contribution in [0.25, 0.3) is 0 Å². The fourth-order valence-corrected chi connectivity index (χ4v) is 3.23. The van der Waals surface area contributed by atoms with Crippen molar-refractivity contribution >= 4 is 5.91 Å². The van der Waals surface area contributed by atoms with E-state index in [2.05, 4.69) is 36.2 Å². The first kappa shape index (κ1) is 15.6. The number of piperidine rings is 1. The van der Waals surface area contributed by atoms with Crippen LogP contribution in [0.1, 0.15) is 52.4 Å². The predicted molar refractivity (Wildman–Crippen MR) is 83.5 cm³/mol. The third kappa shape index (κ3) is 4.62. The minimum atomic E-state index is 0.242. The van der Waals surface area contributed by atoms with E-state index >= 15 is 0 Å². The Labute approximate surface area is 123 Å². The largest absolute Gasteiger partial charge is 0.353 e. The Morgan fingerprint density at radius 1 is 1.30 bits per heavy atom. The maximum Gasteiger partial charge on any atom is 0.223 e. The average Bonchev–Trinajstić information content (AvgIpc) is 2.49. The minimum absolute atomic E-state index is 0.242. The van der Waals surface area contributed by atoms with Gasteiger partial charge in [0.2, 0.25) is 5.91 Å². The van der Waals surface area contributed by atoms with Crippen LogP contribution in [0.4, 0.5) is 0 Å². The second-order valence-electron chi connectivity index (χ2n) is 6.54. The minimum Gasteiger partial charge on any atom is -0.353 e. The Morgan fingerprint density at radius 2 is 2.05 bits per heavy atom. The van der Waals surface area contributed by atoms with Crippen molar-refractivity contribution < 1.29 is 4.79 Å². The number of nitrogens with zero attached hydrogens (tertiary/aromatic N) is 1. The van der Waals surface area contributed by atoms with Crippen LogP contribution in [0.5, 0.6) is 0 Å². The van der Waals surface area contributed by atoms with Crippen molar-refractivity contribution in [2.45, 2.75) is 58.4 Å². The standard InChI is InChI=1S/C17H30N2O/c1-3-14(2)18-17(20)16-9-11-19(12-10-16)13-15-7-5-4-6-8-15/h4-5,14-16H,3,6-13H2,1-2H3,(H,18,20)/t14-,15-/m0/s1. The first-order valence-corrected chi connectivity index (χ1v) is 8.36. The van der Waals surface area contributed by atoms with Gasteiger partial charge in [0.1, 0.15) is 0 Å². The maximum absolute atomic E-state index is 12.1. The zero-order valence-electron chi connectivity index (χ0n) is 13.1. The molecule has 0 bridgehead atoms. The SMILES string of the molecule is CC[C@H](C)NC(=O)C1CCN(C[C@H]2CC=CCC2)CC1. The lowest BCUT2D eigenvalue weighted by atomic mass is 9.91. The second kappa shape index (κ2) is 7.82. The van der Waals surface area contributed by atoms with Crippen molar-refractivity contribution in [2.75, 3.05) is 19.6 Å². The smallest absolute Gasteiger partial charge is 0.223 e. The monoisotopic (exact) mass is 278 g/mol. The molecule has 1 saturated heterocycles. The van der Waals surface area contributed by atoms with Gasteiger partial charge in [-0.05, 0) is 64.5 Å². The molecule has 2 aliphatic rings. The van der Waals surface area contributed by atoms with Crippen molar-refractivity contribution in [3.8, 4) is 0 Å². The molecule has 114 valence electrons. The van der Waals surface area contributed by atoms with Crippen LogP contribution in [0.2, 0.25) is 0 Å². The highest BCUT2D eigenvalue weighted by molar-refractivity contribution is 5.79. The first-order chi connectivity index (χ1) is 9.69. The van der Waals surface area contributed by atoms with E-state index in [1.54, 1.807) is 0 Å². The van der Waals surface area contributed by atoms with E-state index in [-0.39, 0.29) is 11.8 Å². The molecule has 1 aliphatic carbocycles. The van der Waals surface area contributed by atoms with Gasteiger partial charge >= 0.3 is 0 Å². The molecule has 20 heavy (non-hydrogen) atoms. The van der Waals surface area contributed by atoms with Gasteiger partial charge in [0.25, 0.3) is 0 Å². The number of rotatable bonds is 5. The summed E-state index contributed by atoms with van der Waals surface area (Å²) >= 11 is 0. The van der Waals surface area contributed by atoms with Crippen molar-refractivity contribution in [3.05, 3.63) is 12.2 Å². The molecule has 3 nitrogen and oxygen atoms in total. The lowest BCUT2D eigenvalue weighted by molar-refractivity contribution is -0.127. The second-order valence-corrected chi connectivity index (χ2v) is 6.54. The molecule has 0 radical (unpaired) electrons. The van der Waals surface area contributed by atoms with Gasteiger partial charge in [-0.3, -0.25) is 4.79 Å². The van der Waals surface area contributed by atoms with Gasteiger partial charge in [-0.25, -0.2) is 0 Å². The van der Waals surface area contributed by atoms with E-state index in [1.165, 1.54) is 25.8 Å². The fourth-order valence-electron chi connectivity index (χ4n) is 3.23. The van der Waals surface area contributed by atoms with E-state index in [9.17, 15) is 4.79 Å². The van der Waals surface area contributed by atoms with Crippen molar-refractivity contribution in [2.24, 2.45) is 11.8 Å². The zero-order chi connectivity index (χ0) is 14.4. The van der Waals surface area contributed by atoms with Gasteiger partial charge in [-0.15, -0.1) is 0 Å². The summed E-state index contributed by atoms with van der Waals surface area (Å²) in [6, 6.07) is 0.314. The quantitative estimate of drug-likeness (QED) is 0.784. The number of allylic oxidation sites excluding steroid dienone is 2. The molecule has 1 N–H and O–H groups in total. The third-order valence-electron chi connectivity index (χ3n) is 4.85. The summed E-state index contributed by atoms with van der Waals surface area (Å²) in [6.07, 6.45) is 11.6. The number of carbonyl (C=O) groups excluding carboxylic acids is 1. The highest BCUT2D eigenvalue weighted by Gasteiger charge is 2.26. The summed E-state index contributed by atoms with van der Waals surface area (Å²) in [7, 11) is 0. The Kier molecular flexibility index (Phi) is 6.08. The van der Waals surface area contributed by atoms with Gasteiger partial charge in [-0.2, -0.15) is 0 Å². The predicted octanol–water partition coefficient (Wildman–Crippen LogP) is 2.97. The van der Waals surface area contributed by atoms with Crippen LogP contribution < -0.4 is 5.32 Å². The molecule has 2 rings (SSSR count). The summed E-state index contributed by atoms with van der Waals surface area (Å²) in [5.41, 5.74) is 0. The number of amides is 1. The topological polar surface area (TPSA) is 32.3 Å². The molecule has 3 heteroatoms. The van der Waals surface area contributed by atoms with E-state index in [0.29, 0.717) is 6.04 Å². The summed E-state index contributed by atoms with van der Waals surface area (Å²) in [6.45, 7) is 7.62. The molecular formula is C17H30N2O. The zero-order valence-corrected chi connectivity index (χ0v) is 13.1. The van der Waals surface area contributed by atoms with Gasteiger partial charge in [0.05, 0.1) is 0 Å². The van der Waals surface area contributed by atoms with Crippen LogP contribution in [0.3, 0.4) is 0 Å². The van der Waals surface area contributed by atoms with Crippen LogP contribution in [-0.2, 0) is 4.79 Å². The molecule has 2 atom stereocenters. The number of nitrogens with one attached hydrogen (secondary N) is 1.